The first kappa shape index (κ1) is 13.9. The number of likely N-dealkylation sites (N-methyl/N-ethyl adjacent to an activating group) is 1. The standard InChI is InChI=1S/C12H17N5O.ClH/c1-16(8-6-14-7-8)17-5-3-9(12(13)18)11-10(17)2-4-15-11;/h2-3,5,8,14-15H,4,6-7H2,1H3,(H2,13,18);1H. The molecule has 1 saturated heterocycles. The Morgan fingerprint density at radius 3 is 2.84 bits per heavy atom. The van der Waals surface area contributed by atoms with E-state index in [4.69, 9.17) is 5.73 Å². The van der Waals surface area contributed by atoms with Crippen LogP contribution in [0.25, 0.3) is 0 Å². The van der Waals surface area contributed by atoms with Crippen molar-refractivity contribution in [2.75, 3.05) is 26.7 Å². The van der Waals surface area contributed by atoms with E-state index < -0.39 is 5.91 Å². The molecule has 0 spiro atoms. The molecule has 0 aliphatic carbocycles. The number of carbonyl (C=O) groups excluding carboxylic acids is 1. The molecule has 4 N–H and O–H groups in total. The average Bonchev–Trinajstić information content (AvgIpc) is 2.73. The summed E-state index contributed by atoms with van der Waals surface area (Å²) < 4.78 is 0. The maximum absolute atomic E-state index is 11.4. The van der Waals surface area contributed by atoms with Gasteiger partial charge in [0.15, 0.2) is 0 Å². The molecule has 0 aromatic carbocycles. The molecule has 104 valence electrons. The van der Waals surface area contributed by atoms with Gasteiger partial charge in [0.2, 0.25) is 0 Å². The normalized spacial score (nSPS) is 21.6. The third-order valence-corrected chi connectivity index (χ3v) is 3.62. The number of halogens is 1. The number of hydrogen-bond acceptors (Lipinski definition) is 5. The molecule has 7 heteroatoms. The molecule has 0 atom stereocenters. The van der Waals surface area contributed by atoms with Gasteiger partial charge in [0, 0.05) is 32.9 Å². The second-order valence-corrected chi connectivity index (χ2v) is 4.67. The van der Waals surface area contributed by atoms with Gasteiger partial charge in [-0.2, -0.15) is 0 Å². The van der Waals surface area contributed by atoms with E-state index in [0.717, 1.165) is 31.0 Å². The van der Waals surface area contributed by atoms with Crippen molar-refractivity contribution in [2.24, 2.45) is 5.73 Å². The van der Waals surface area contributed by atoms with Crippen molar-refractivity contribution in [3.63, 3.8) is 0 Å². The van der Waals surface area contributed by atoms with E-state index in [2.05, 4.69) is 33.8 Å². The molecule has 0 aromatic rings. The number of nitrogens with zero attached hydrogens (tertiary/aromatic N) is 2. The number of amides is 1. The number of carbonyl (C=O) groups is 1. The van der Waals surface area contributed by atoms with Crippen molar-refractivity contribution in [1.29, 1.82) is 0 Å². The molecule has 3 aliphatic heterocycles. The fourth-order valence-corrected chi connectivity index (χ4v) is 2.39. The van der Waals surface area contributed by atoms with E-state index in [-0.39, 0.29) is 12.4 Å². The molecule has 19 heavy (non-hydrogen) atoms. The highest BCUT2D eigenvalue weighted by Crippen LogP contribution is 2.28. The van der Waals surface area contributed by atoms with Gasteiger partial charge >= 0.3 is 0 Å². The molecule has 3 aliphatic rings. The SMILES string of the molecule is CN(C1CNC1)N1C=CC(C(N)=O)=C2NCC=C21.Cl. The second-order valence-electron chi connectivity index (χ2n) is 4.67. The molecular weight excluding hydrogens is 266 g/mol. The summed E-state index contributed by atoms with van der Waals surface area (Å²) >= 11 is 0. The molecule has 0 bridgehead atoms. The largest absolute Gasteiger partial charge is 0.379 e. The first-order valence-electron chi connectivity index (χ1n) is 6.08. The fourth-order valence-electron chi connectivity index (χ4n) is 2.39. The predicted octanol–water partition coefficient (Wildman–Crippen LogP) is -0.717. The van der Waals surface area contributed by atoms with Gasteiger partial charge in [0.25, 0.3) is 5.91 Å². The highest BCUT2D eigenvalue weighted by Gasteiger charge is 2.32. The maximum atomic E-state index is 11.4. The monoisotopic (exact) mass is 283 g/mol. The lowest BCUT2D eigenvalue weighted by Crippen LogP contribution is -2.59. The minimum atomic E-state index is -0.394. The van der Waals surface area contributed by atoms with Crippen molar-refractivity contribution in [3.05, 3.63) is 35.3 Å². The van der Waals surface area contributed by atoms with Gasteiger partial charge in [0.05, 0.1) is 23.0 Å². The van der Waals surface area contributed by atoms with Crippen LogP contribution in [-0.2, 0) is 4.79 Å². The van der Waals surface area contributed by atoms with Crippen LogP contribution in [0, 0.1) is 0 Å². The van der Waals surface area contributed by atoms with Crippen LogP contribution in [0.1, 0.15) is 0 Å². The maximum Gasteiger partial charge on any atom is 0.250 e. The fraction of sp³-hybridized carbons (Fsp3) is 0.417. The number of primary amides is 1. The van der Waals surface area contributed by atoms with Crippen molar-refractivity contribution in [3.8, 4) is 0 Å². The highest BCUT2D eigenvalue weighted by atomic mass is 35.5. The Hall–Kier alpha value is -1.50. The van der Waals surface area contributed by atoms with Crippen LogP contribution < -0.4 is 16.4 Å². The zero-order valence-electron chi connectivity index (χ0n) is 10.7. The Labute approximate surface area is 118 Å². The van der Waals surface area contributed by atoms with Gasteiger partial charge < -0.3 is 16.4 Å². The Kier molecular flexibility index (Phi) is 3.84. The molecule has 0 radical (unpaired) electrons. The van der Waals surface area contributed by atoms with Crippen LogP contribution in [0.3, 0.4) is 0 Å². The molecule has 6 nitrogen and oxygen atoms in total. The van der Waals surface area contributed by atoms with Crippen LogP contribution >= 0.6 is 12.4 Å². The van der Waals surface area contributed by atoms with Gasteiger partial charge in [0.1, 0.15) is 0 Å². The van der Waals surface area contributed by atoms with Crippen molar-refractivity contribution in [1.82, 2.24) is 20.7 Å². The third-order valence-electron chi connectivity index (χ3n) is 3.62. The summed E-state index contributed by atoms with van der Waals surface area (Å²) in [6.07, 6.45) is 5.75. The zero-order valence-corrected chi connectivity index (χ0v) is 11.5. The van der Waals surface area contributed by atoms with Crippen molar-refractivity contribution < 1.29 is 4.79 Å². The Bertz CT molecular complexity index is 481. The highest BCUT2D eigenvalue weighted by molar-refractivity contribution is 5.96. The van der Waals surface area contributed by atoms with Crippen LogP contribution in [-0.4, -0.2) is 48.6 Å². The van der Waals surface area contributed by atoms with Gasteiger partial charge in [-0.1, -0.05) is 0 Å². The van der Waals surface area contributed by atoms with Crippen molar-refractivity contribution >= 4 is 18.3 Å². The average molecular weight is 284 g/mol. The van der Waals surface area contributed by atoms with E-state index in [1.54, 1.807) is 6.08 Å². The summed E-state index contributed by atoms with van der Waals surface area (Å²) in [5.74, 6) is -0.394. The molecule has 1 fully saturated rings. The van der Waals surface area contributed by atoms with Crippen molar-refractivity contribution in [2.45, 2.75) is 6.04 Å². The Balaban J connectivity index is 0.00000133. The number of nitrogens with two attached hydrogens (primary N) is 1. The first-order valence-corrected chi connectivity index (χ1v) is 6.08. The van der Waals surface area contributed by atoms with Crippen LogP contribution in [0.5, 0.6) is 0 Å². The number of fused-ring (bicyclic) bond motifs is 1. The number of nitrogens with one attached hydrogen (secondary N) is 2. The van der Waals surface area contributed by atoms with Gasteiger partial charge in [-0.05, 0) is 12.2 Å². The zero-order chi connectivity index (χ0) is 12.7. The molecule has 3 rings (SSSR count). The Morgan fingerprint density at radius 1 is 1.53 bits per heavy atom. The molecular formula is C12H18ClN5O. The summed E-state index contributed by atoms with van der Waals surface area (Å²) in [7, 11) is 2.06. The quantitative estimate of drug-likeness (QED) is 0.638. The van der Waals surface area contributed by atoms with Gasteiger partial charge in [-0.25, -0.2) is 5.01 Å². The minimum Gasteiger partial charge on any atom is -0.379 e. The van der Waals surface area contributed by atoms with E-state index in [9.17, 15) is 4.79 Å². The molecule has 0 unspecified atom stereocenters. The van der Waals surface area contributed by atoms with Gasteiger partial charge in [-0.15, -0.1) is 12.4 Å². The molecule has 0 aromatic heterocycles. The number of hydrazine groups is 1. The summed E-state index contributed by atoms with van der Waals surface area (Å²) in [6.45, 7) is 2.71. The predicted molar refractivity (Wildman–Crippen MR) is 75.0 cm³/mol. The third kappa shape index (κ3) is 2.22. The lowest BCUT2D eigenvalue weighted by Gasteiger charge is -2.43. The minimum absolute atomic E-state index is 0. The number of hydrogen-bond donors (Lipinski definition) is 3. The molecule has 0 saturated carbocycles. The van der Waals surface area contributed by atoms with Crippen LogP contribution in [0.15, 0.2) is 35.3 Å². The summed E-state index contributed by atoms with van der Waals surface area (Å²) in [5.41, 5.74) is 7.79. The van der Waals surface area contributed by atoms with E-state index >= 15 is 0 Å². The lowest BCUT2D eigenvalue weighted by molar-refractivity contribution is -0.114. The van der Waals surface area contributed by atoms with E-state index in [0.29, 0.717) is 11.6 Å². The summed E-state index contributed by atoms with van der Waals surface area (Å²) in [5, 5.41) is 10.7. The molecule has 1 amide bonds. The lowest BCUT2D eigenvalue weighted by atomic mass is 10.1. The Morgan fingerprint density at radius 2 is 2.26 bits per heavy atom. The van der Waals surface area contributed by atoms with Crippen LogP contribution in [0.4, 0.5) is 0 Å². The summed E-state index contributed by atoms with van der Waals surface area (Å²) in [4.78, 5) is 11.4. The van der Waals surface area contributed by atoms with Crippen LogP contribution in [0.2, 0.25) is 0 Å². The molecule has 3 heterocycles. The second kappa shape index (κ2) is 5.24. The van der Waals surface area contributed by atoms with E-state index in [1.807, 2.05) is 6.20 Å². The first-order chi connectivity index (χ1) is 8.68. The smallest absolute Gasteiger partial charge is 0.250 e. The van der Waals surface area contributed by atoms with Gasteiger partial charge in [-0.3, -0.25) is 9.80 Å². The van der Waals surface area contributed by atoms with E-state index in [1.165, 1.54) is 0 Å². The number of rotatable bonds is 3. The topological polar surface area (TPSA) is 73.6 Å². The summed E-state index contributed by atoms with van der Waals surface area (Å²) in [6, 6.07) is 0.493.